The zero-order chi connectivity index (χ0) is 10.6. The van der Waals surface area contributed by atoms with E-state index in [4.69, 9.17) is 9.16 Å². The maximum Gasteiger partial charge on any atom is 0.165 e. The molecule has 0 aliphatic carbocycles. The lowest BCUT2D eigenvalue weighted by atomic mass is 10.1. The van der Waals surface area contributed by atoms with Gasteiger partial charge in [0, 0.05) is 7.11 Å². The molecule has 0 aromatic heterocycles. The number of hydrogen-bond acceptors (Lipinski definition) is 2. The van der Waals surface area contributed by atoms with Gasteiger partial charge >= 0.3 is 0 Å². The van der Waals surface area contributed by atoms with Crippen molar-refractivity contribution in [1.29, 1.82) is 0 Å². The van der Waals surface area contributed by atoms with Gasteiger partial charge in [0.25, 0.3) is 0 Å². The fourth-order valence-corrected chi connectivity index (χ4v) is 2.43. The third-order valence-corrected chi connectivity index (χ3v) is 3.73. The fraction of sp³-hybridized carbons (Fsp3) is 0.818. The lowest BCUT2D eigenvalue weighted by Gasteiger charge is -2.10. The van der Waals surface area contributed by atoms with Crippen molar-refractivity contribution in [2.75, 3.05) is 7.11 Å². The van der Waals surface area contributed by atoms with Crippen molar-refractivity contribution in [3.63, 3.8) is 0 Å². The van der Waals surface area contributed by atoms with Crippen molar-refractivity contribution in [2.45, 2.75) is 51.4 Å². The molecule has 0 heterocycles. The minimum atomic E-state index is -0.332. The summed E-state index contributed by atoms with van der Waals surface area (Å²) in [5, 5.41) is 0. The van der Waals surface area contributed by atoms with E-state index in [1.165, 1.54) is 31.7 Å². The molecule has 0 rings (SSSR count). The molecular formula is C11H24O2Si. The number of ether oxygens (including phenoxy) is 1. The van der Waals surface area contributed by atoms with E-state index in [0.29, 0.717) is 0 Å². The highest BCUT2D eigenvalue weighted by atomic mass is 28.2. The predicted octanol–water partition coefficient (Wildman–Crippen LogP) is 2.63. The van der Waals surface area contributed by atoms with Gasteiger partial charge in [0.1, 0.15) is 6.29 Å². The lowest BCUT2D eigenvalue weighted by Crippen LogP contribution is -2.13. The van der Waals surface area contributed by atoms with E-state index >= 15 is 0 Å². The molecule has 0 spiro atoms. The second-order valence-electron chi connectivity index (χ2n) is 3.52. The second kappa shape index (κ2) is 11.0. The first-order valence-electron chi connectivity index (χ1n) is 5.56. The molecule has 0 amide bonds. The number of allylic oxidation sites excluding steroid dienone is 1. The highest BCUT2D eigenvalue weighted by Gasteiger charge is 1.97. The van der Waals surface area contributed by atoms with Gasteiger partial charge in [0.2, 0.25) is 0 Å². The maximum absolute atomic E-state index is 5.52. The Morgan fingerprint density at radius 1 is 1.29 bits per heavy atom. The molecule has 0 aliphatic rings. The fourth-order valence-electron chi connectivity index (χ4n) is 1.24. The summed E-state index contributed by atoms with van der Waals surface area (Å²) in [6.07, 6.45) is 8.45. The third-order valence-electron chi connectivity index (χ3n) is 2.24. The summed E-state index contributed by atoms with van der Waals surface area (Å²) in [5.41, 5.74) is 0. The van der Waals surface area contributed by atoms with Gasteiger partial charge in [0.15, 0.2) is 9.76 Å². The van der Waals surface area contributed by atoms with Crippen molar-refractivity contribution >= 4 is 9.76 Å². The van der Waals surface area contributed by atoms with Gasteiger partial charge in [0.05, 0.1) is 0 Å². The summed E-state index contributed by atoms with van der Waals surface area (Å²) in [6, 6.07) is 1.28. The van der Waals surface area contributed by atoms with Crippen molar-refractivity contribution in [3.05, 3.63) is 12.7 Å². The van der Waals surface area contributed by atoms with E-state index in [1.807, 2.05) is 13.0 Å². The van der Waals surface area contributed by atoms with Crippen molar-refractivity contribution in [2.24, 2.45) is 0 Å². The van der Waals surface area contributed by atoms with Crippen LogP contribution in [-0.2, 0) is 9.16 Å². The highest BCUT2D eigenvalue weighted by Crippen LogP contribution is 2.06. The van der Waals surface area contributed by atoms with E-state index in [2.05, 4.69) is 6.58 Å². The molecule has 0 saturated heterocycles. The van der Waals surface area contributed by atoms with E-state index in [9.17, 15) is 0 Å². The Kier molecular flexibility index (Phi) is 10.9. The van der Waals surface area contributed by atoms with E-state index in [1.54, 1.807) is 7.11 Å². The Morgan fingerprint density at radius 2 is 2.00 bits per heavy atom. The molecule has 14 heavy (non-hydrogen) atoms. The van der Waals surface area contributed by atoms with Crippen LogP contribution in [0, 0.1) is 0 Å². The van der Waals surface area contributed by atoms with Crippen molar-refractivity contribution < 1.29 is 9.16 Å². The summed E-state index contributed by atoms with van der Waals surface area (Å²) in [6.45, 7) is 5.67. The normalized spacial score (nSPS) is 13.6. The Morgan fingerprint density at radius 3 is 2.64 bits per heavy atom. The van der Waals surface area contributed by atoms with Gasteiger partial charge in [-0.05, 0) is 25.8 Å². The van der Waals surface area contributed by atoms with E-state index in [-0.39, 0.29) is 16.1 Å². The van der Waals surface area contributed by atoms with Crippen LogP contribution in [0.25, 0.3) is 0 Å². The zero-order valence-electron chi connectivity index (χ0n) is 9.63. The summed E-state index contributed by atoms with van der Waals surface area (Å²) in [4.78, 5) is 0. The molecule has 0 bridgehead atoms. The Balaban J connectivity index is 2.95. The SMILES string of the molecule is C=CCCCCCC[SiH2]OC(C)OC. The monoisotopic (exact) mass is 216 g/mol. The van der Waals surface area contributed by atoms with Gasteiger partial charge in [-0.1, -0.05) is 25.3 Å². The number of rotatable bonds is 10. The van der Waals surface area contributed by atoms with Crippen LogP contribution in [-0.4, -0.2) is 23.2 Å². The predicted molar refractivity (Wildman–Crippen MR) is 64.2 cm³/mol. The zero-order valence-corrected chi connectivity index (χ0v) is 11.0. The van der Waals surface area contributed by atoms with Gasteiger partial charge in [-0.25, -0.2) is 0 Å². The largest absolute Gasteiger partial charge is 0.400 e. The summed E-state index contributed by atoms with van der Waals surface area (Å²) >= 11 is 0. The standard InChI is InChI=1S/C11H24O2Si/c1-4-5-6-7-8-9-10-14-13-11(2)12-3/h4,11H,1,5-10,14H2,2-3H3. The quantitative estimate of drug-likeness (QED) is 0.242. The van der Waals surface area contributed by atoms with Crippen LogP contribution in [0.3, 0.4) is 0 Å². The van der Waals surface area contributed by atoms with Crippen LogP contribution < -0.4 is 0 Å². The van der Waals surface area contributed by atoms with Crippen molar-refractivity contribution in [3.8, 4) is 0 Å². The topological polar surface area (TPSA) is 18.5 Å². The van der Waals surface area contributed by atoms with E-state index < -0.39 is 0 Å². The lowest BCUT2D eigenvalue weighted by molar-refractivity contribution is -0.0371. The molecule has 0 aromatic rings. The first kappa shape index (κ1) is 13.9. The molecule has 0 radical (unpaired) electrons. The van der Waals surface area contributed by atoms with Crippen LogP contribution in [0.2, 0.25) is 6.04 Å². The van der Waals surface area contributed by atoms with Crippen LogP contribution in [0.15, 0.2) is 12.7 Å². The maximum atomic E-state index is 5.52. The van der Waals surface area contributed by atoms with Crippen LogP contribution in [0.1, 0.15) is 39.0 Å². The molecule has 0 N–H and O–H groups in total. The average molecular weight is 216 g/mol. The van der Waals surface area contributed by atoms with Crippen LogP contribution in [0.4, 0.5) is 0 Å². The molecule has 2 nitrogen and oxygen atoms in total. The summed E-state index contributed by atoms with van der Waals surface area (Å²) in [5.74, 6) is 0. The highest BCUT2D eigenvalue weighted by molar-refractivity contribution is 6.27. The van der Waals surface area contributed by atoms with Crippen LogP contribution >= 0.6 is 0 Å². The number of unbranched alkanes of at least 4 members (excludes halogenated alkanes) is 4. The molecule has 84 valence electrons. The molecule has 1 atom stereocenters. The smallest absolute Gasteiger partial charge is 0.165 e. The molecule has 1 unspecified atom stereocenters. The summed E-state index contributed by atoms with van der Waals surface area (Å²) in [7, 11) is 1.36. The Labute approximate surface area is 90.6 Å². The average Bonchev–Trinajstić information content (AvgIpc) is 2.21. The summed E-state index contributed by atoms with van der Waals surface area (Å²) < 4.78 is 10.5. The first-order valence-corrected chi connectivity index (χ1v) is 7.14. The molecule has 0 aliphatic heterocycles. The molecular weight excluding hydrogens is 192 g/mol. The molecule has 0 aromatic carbocycles. The van der Waals surface area contributed by atoms with Crippen LogP contribution in [0.5, 0.6) is 0 Å². The molecule has 3 heteroatoms. The van der Waals surface area contributed by atoms with Gasteiger partial charge in [-0.2, -0.15) is 0 Å². The third kappa shape index (κ3) is 9.96. The molecule has 0 fully saturated rings. The molecule has 0 saturated carbocycles. The number of hydrogen-bond donors (Lipinski definition) is 0. The first-order chi connectivity index (χ1) is 6.81. The number of methoxy groups -OCH3 is 1. The van der Waals surface area contributed by atoms with Crippen molar-refractivity contribution in [1.82, 2.24) is 0 Å². The minimum absolute atomic E-state index is 0.00225. The minimum Gasteiger partial charge on any atom is -0.400 e. The van der Waals surface area contributed by atoms with Gasteiger partial charge in [-0.15, -0.1) is 6.58 Å². The Hall–Kier alpha value is -0.123. The second-order valence-corrected chi connectivity index (χ2v) is 4.97. The van der Waals surface area contributed by atoms with E-state index in [0.717, 1.165) is 6.42 Å². The Bertz CT molecular complexity index is 128. The van der Waals surface area contributed by atoms with Gasteiger partial charge in [-0.3, -0.25) is 0 Å². The van der Waals surface area contributed by atoms with Gasteiger partial charge < -0.3 is 9.16 Å².